The summed E-state index contributed by atoms with van der Waals surface area (Å²) in [5.41, 5.74) is 0. The average molecular weight is 218 g/mol. The van der Waals surface area contributed by atoms with Gasteiger partial charge in [-0.15, -0.1) is 0 Å². The highest BCUT2D eigenvalue weighted by Crippen LogP contribution is 2.23. The van der Waals surface area contributed by atoms with Crippen molar-refractivity contribution in [2.45, 2.75) is 45.2 Å². The van der Waals surface area contributed by atoms with Gasteiger partial charge in [0.1, 0.15) is 11.8 Å². The van der Waals surface area contributed by atoms with Crippen molar-refractivity contribution < 1.29 is 4.42 Å². The molecular weight excluding hydrogens is 200 g/mol. The molecule has 3 nitrogen and oxygen atoms in total. The Morgan fingerprint density at radius 3 is 2.75 bits per heavy atom. The van der Waals surface area contributed by atoms with Crippen LogP contribution in [0.3, 0.4) is 0 Å². The van der Waals surface area contributed by atoms with E-state index in [1.807, 2.05) is 12.1 Å². The van der Waals surface area contributed by atoms with Gasteiger partial charge in [0, 0.05) is 6.04 Å². The summed E-state index contributed by atoms with van der Waals surface area (Å²) in [5, 5.41) is 12.1. The van der Waals surface area contributed by atoms with Gasteiger partial charge in [-0.3, -0.25) is 0 Å². The molecule has 16 heavy (non-hydrogen) atoms. The van der Waals surface area contributed by atoms with E-state index in [0.29, 0.717) is 11.8 Å². The number of nitriles is 1. The van der Waals surface area contributed by atoms with Crippen molar-refractivity contribution in [1.82, 2.24) is 5.32 Å². The lowest BCUT2D eigenvalue weighted by atomic mass is 9.87. The van der Waals surface area contributed by atoms with E-state index in [1.54, 1.807) is 6.07 Å². The molecule has 1 fully saturated rings. The molecule has 86 valence electrons. The van der Waals surface area contributed by atoms with Gasteiger partial charge in [0.2, 0.25) is 5.76 Å². The van der Waals surface area contributed by atoms with Crippen LogP contribution in [0.2, 0.25) is 0 Å². The van der Waals surface area contributed by atoms with Crippen LogP contribution >= 0.6 is 0 Å². The van der Waals surface area contributed by atoms with Crippen molar-refractivity contribution in [3.63, 3.8) is 0 Å². The van der Waals surface area contributed by atoms with Gasteiger partial charge in [-0.05, 0) is 43.7 Å². The van der Waals surface area contributed by atoms with E-state index in [0.717, 1.165) is 18.2 Å². The van der Waals surface area contributed by atoms with Gasteiger partial charge in [-0.2, -0.15) is 5.26 Å². The molecule has 1 aliphatic rings. The Morgan fingerprint density at radius 2 is 2.12 bits per heavy atom. The van der Waals surface area contributed by atoms with E-state index >= 15 is 0 Å². The van der Waals surface area contributed by atoms with E-state index in [-0.39, 0.29) is 0 Å². The van der Waals surface area contributed by atoms with Crippen molar-refractivity contribution in [1.29, 1.82) is 5.26 Å². The highest BCUT2D eigenvalue weighted by molar-refractivity contribution is 5.18. The topological polar surface area (TPSA) is 49.0 Å². The molecule has 0 radical (unpaired) electrons. The van der Waals surface area contributed by atoms with Crippen LogP contribution in [0.5, 0.6) is 0 Å². The highest BCUT2D eigenvalue weighted by atomic mass is 16.3. The normalized spacial score (nSPS) is 25.2. The smallest absolute Gasteiger partial charge is 0.203 e. The van der Waals surface area contributed by atoms with Crippen molar-refractivity contribution in [3.05, 3.63) is 23.7 Å². The van der Waals surface area contributed by atoms with E-state index < -0.39 is 0 Å². The van der Waals surface area contributed by atoms with Crippen LogP contribution in [0.4, 0.5) is 0 Å². The SMILES string of the molecule is CC1CCC(NCc2ccc(C#N)o2)CC1. The quantitative estimate of drug-likeness (QED) is 0.848. The molecule has 0 atom stereocenters. The molecular formula is C13H18N2O. The Bertz CT molecular complexity index is 370. The predicted molar refractivity (Wildman–Crippen MR) is 61.7 cm³/mol. The Kier molecular flexibility index (Phi) is 3.63. The van der Waals surface area contributed by atoms with Gasteiger partial charge in [-0.25, -0.2) is 0 Å². The first-order valence-electron chi connectivity index (χ1n) is 6.00. The lowest BCUT2D eigenvalue weighted by Crippen LogP contribution is -2.32. The Labute approximate surface area is 96.4 Å². The summed E-state index contributed by atoms with van der Waals surface area (Å²) < 4.78 is 5.32. The third-order valence-corrected chi connectivity index (χ3v) is 3.35. The highest BCUT2D eigenvalue weighted by Gasteiger charge is 2.17. The molecule has 0 spiro atoms. The summed E-state index contributed by atoms with van der Waals surface area (Å²) in [6, 6.07) is 6.21. The molecule has 1 saturated carbocycles. The Balaban J connectivity index is 1.77. The summed E-state index contributed by atoms with van der Waals surface area (Å²) in [5.74, 6) is 2.14. The maximum atomic E-state index is 8.63. The minimum atomic E-state index is 0.397. The Morgan fingerprint density at radius 1 is 1.38 bits per heavy atom. The average Bonchev–Trinajstić information content (AvgIpc) is 2.76. The van der Waals surface area contributed by atoms with Gasteiger partial charge in [0.15, 0.2) is 0 Å². The summed E-state index contributed by atoms with van der Waals surface area (Å²) >= 11 is 0. The first-order chi connectivity index (χ1) is 7.78. The molecule has 0 aromatic carbocycles. The molecule has 0 saturated heterocycles. The summed E-state index contributed by atoms with van der Waals surface area (Å²) in [7, 11) is 0. The summed E-state index contributed by atoms with van der Waals surface area (Å²) in [4.78, 5) is 0. The van der Waals surface area contributed by atoms with Crippen molar-refractivity contribution >= 4 is 0 Å². The lowest BCUT2D eigenvalue weighted by Gasteiger charge is -2.26. The van der Waals surface area contributed by atoms with E-state index in [1.165, 1.54) is 25.7 Å². The molecule has 1 aromatic rings. The standard InChI is InChI=1S/C13H18N2O/c1-10-2-4-11(5-3-10)15-9-13-7-6-12(8-14)16-13/h6-7,10-11,15H,2-5,9H2,1H3. The molecule has 1 aliphatic carbocycles. The number of hydrogen-bond donors (Lipinski definition) is 1. The number of hydrogen-bond acceptors (Lipinski definition) is 3. The number of furan rings is 1. The van der Waals surface area contributed by atoms with Gasteiger partial charge < -0.3 is 9.73 Å². The van der Waals surface area contributed by atoms with Crippen molar-refractivity contribution in [2.75, 3.05) is 0 Å². The van der Waals surface area contributed by atoms with Crippen LogP contribution in [0.1, 0.15) is 44.1 Å². The van der Waals surface area contributed by atoms with Crippen LogP contribution in [-0.4, -0.2) is 6.04 Å². The number of nitrogens with one attached hydrogen (secondary N) is 1. The fourth-order valence-corrected chi connectivity index (χ4v) is 2.24. The minimum Gasteiger partial charge on any atom is -0.449 e. The summed E-state index contributed by atoms with van der Waals surface area (Å²) in [6.07, 6.45) is 5.15. The number of rotatable bonds is 3. The van der Waals surface area contributed by atoms with Crippen LogP contribution < -0.4 is 5.32 Å². The third-order valence-electron chi connectivity index (χ3n) is 3.35. The molecule has 1 heterocycles. The fraction of sp³-hybridized carbons (Fsp3) is 0.615. The predicted octanol–water partition coefficient (Wildman–Crippen LogP) is 2.82. The molecule has 0 amide bonds. The van der Waals surface area contributed by atoms with Crippen molar-refractivity contribution in [3.8, 4) is 6.07 Å². The first kappa shape index (κ1) is 11.2. The molecule has 0 unspecified atom stereocenters. The zero-order valence-corrected chi connectivity index (χ0v) is 9.70. The van der Waals surface area contributed by atoms with Crippen LogP contribution in [0, 0.1) is 17.2 Å². The molecule has 2 rings (SSSR count). The maximum absolute atomic E-state index is 8.63. The van der Waals surface area contributed by atoms with Crippen molar-refractivity contribution in [2.24, 2.45) is 5.92 Å². The second-order valence-corrected chi connectivity index (χ2v) is 4.72. The maximum Gasteiger partial charge on any atom is 0.203 e. The van der Waals surface area contributed by atoms with Crippen LogP contribution in [0.15, 0.2) is 16.5 Å². The molecule has 0 aliphatic heterocycles. The first-order valence-corrected chi connectivity index (χ1v) is 6.00. The van der Waals surface area contributed by atoms with Crippen LogP contribution in [0.25, 0.3) is 0 Å². The monoisotopic (exact) mass is 218 g/mol. The van der Waals surface area contributed by atoms with E-state index in [2.05, 4.69) is 12.2 Å². The van der Waals surface area contributed by atoms with Gasteiger partial charge >= 0.3 is 0 Å². The fourth-order valence-electron chi connectivity index (χ4n) is 2.24. The Hall–Kier alpha value is -1.27. The second-order valence-electron chi connectivity index (χ2n) is 4.72. The zero-order chi connectivity index (χ0) is 11.4. The molecule has 1 aromatic heterocycles. The number of nitrogens with zero attached hydrogens (tertiary/aromatic N) is 1. The molecule has 0 bridgehead atoms. The second kappa shape index (κ2) is 5.18. The molecule has 3 heteroatoms. The largest absolute Gasteiger partial charge is 0.449 e. The zero-order valence-electron chi connectivity index (χ0n) is 9.70. The lowest BCUT2D eigenvalue weighted by molar-refractivity contribution is 0.299. The summed E-state index contributed by atoms with van der Waals surface area (Å²) in [6.45, 7) is 3.06. The van der Waals surface area contributed by atoms with Gasteiger partial charge in [0.05, 0.1) is 6.54 Å². The van der Waals surface area contributed by atoms with Crippen LogP contribution in [-0.2, 0) is 6.54 Å². The third kappa shape index (κ3) is 2.86. The van der Waals surface area contributed by atoms with Gasteiger partial charge in [-0.1, -0.05) is 6.92 Å². The van der Waals surface area contributed by atoms with E-state index in [4.69, 9.17) is 9.68 Å². The molecule has 1 N–H and O–H groups in total. The minimum absolute atomic E-state index is 0.397. The van der Waals surface area contributed by atoms with Gasteiger partial charge in [0.25, 0.3) is 0 Å². The van der Waals surface area contributed by atoms with E-state index in [9.17, 15) is 0 Å².